The van der Waals surface area contributed by atoms with Crippen LogP contribution in [0.3, 0.4) is 0 Å². The molecule has 0 aliphatic carbocycles. The van der Waals surface area contributed by atoms with Crippen LogP contribution in [0.25, 0.3) is 0 Å². The van der Waals surface area contributed by atoms with Crippen molar-refractivity contribution in [3.63, 3.8) is 0 Å². The third-order valence-electron chi connectivity index (χ3n) is 5.29. The van der Waals surface area contributed by atoms with Crippen LogP contribution in [0.15, 0.2) is 59.9 Å². The van der Waals surface area contributed by atoms with Crippen LogP contribution in [0.2, 0.25) is 0 Å². The third kappa shape index (κ3) is 4.13. The van der Waals surface area contributed by atoms with E-state index < -0.39 is 33.4 Å². The van der Waals surface area contributed by atoms with Gasteiger partial charge in [0.05, 0.1) is 21.3 Å². The van der Waals surface area contributed by atoms with Crippen LogP contribution in [0.5, 0.6) is 0 Å². The summed E-state index contributed by atoms with van der Waals surface area (Å²) in [6.07, 6.45) is 3.70. The lowest BCUT2D eigenvalue weighted by atomic mass is 9.76. The quantitative estimate of drug-likeness (QED) is 0.384. The average molecular weight is 376 g/mol. The summed E-state index contributed by atoms with van der Waals surface area (Å²) in [5.74, 6) is 0. The van der Waals surface area contributed by atoms with E-state index in [1.807, 2.05) is 27.7 Å². The Morgan fingerprint density at radius 3 is 2.19 bits per heavy atom. The molecule has 1 aliphatic heterocycles. The second-order valence-corrected chi connectivity index (χ2v) is 9.86. The first-order valence-corrected chi connectivity index (χ1v) is 10.5. The van der Waals surface area contributed by atoms with Gasteiger partial charge in [0.25, 0.3) is 0 Å². The van der Waals surface area contributed by atoms with Gasteiger partial charge in [0.2, 0.25) is 0 Å². The Bertz CT molecular complexity index is 737. The Labute approximate surface area is 158 Å². The van der Waals surface area contributed by atoms with Crippen LogP contribution >= 0.6 is 0 Å². The molecule has 26 heavy (non-hydrogen) atoms. The first kappa shape index (κ1) is 20.9. The van der Waals surface area contributed by atoms with E-state index in [2.05, 4.69) is 13.2 Å². The summed E-state index contributed by atoms with van der Waals surface area (Å²) in [6, 6.07) is 8.49. The number of rotatable bonds is 8. The number of hydrogen-bond acceptors (Lipinski definition) is 4. The van der Waals surface area contributed by atoms with Crippen LogP contribution in [0.1, 0.15) is 47.0 Å². The largest absolute Gasteiger partial charge is 0.491 e. The highest BCUT2D eigenvalue weighted by Crippen LogP contribution is 2.40. The number of allylic oxidation sites excluding steroid dienone is 1. The van der Waals surface area contributed by atoms with Gasteiger partial charge in [-0.25, -0.2) is 8.42 Å². The second-order valence-electron chi connectivity index (χ2n) is 7.73. The molecule has 1 unspecified atom stereocenters. The predicted molar refractivity (Wildman–Crippen MR) is 107 cm³/mol. The fourth-order valence-corrected chi connectivity index (χ4v) is 4.76. The van der Waals surface area contributed by atoms with E-state index in [1.54, 1.807) is 36.4 Å². The second kappa shape index (κ2) is 7.71. The van der Waals surface area contributed by atoms with Crippen molar-refractivity contribution in [3.8, 4) is 0 Å². The van der Waals surface area contributed by atoms with Crippen molar-refractivity contribution >= 4 is 17.0 Å². The fraction of sp³-hybridized carbons (Fsp3) is 0.500. The smallest absolute Gasteiger partial charge is 0.400 e. The van der Waals surface area contributed by atoms with E-state index in [0.717, 1.165) is 6.42 Å². The summed E-state index contributed by atoms with van der Waals surface area (Å²) in [6.45, 7) is 15.6. The zero-order valence-corrected chi connectivity index (χ0v) is 17.0. The van der Waals surface area contributed by atoms with E-state index in [4.69, 9.17) is 9.31 Å². The van der Waals surface area contributed by atoms with Crippen LogP contribution in [-0.2, 0) is 19.1 Å². The summed E-state index contributed by atoms with van der Waals surface area (Å²) < 4.78 is 38.6. The lowest BCUT2D eigenvalue weighted by molar-refractivity contribution is 0.00578. The molecule has 0 amide bonds. The van der Waals surface area contributed by atoms with Gasteiger partial charge in [-0.2, -0.15) is 0 Å². The highest BCUT2D eigenvalue weighted by Gasteiger charge is 2.54. The molecule has 1 heterocycles. The molecule has 0 radical (unpaired) electrons. The van der Waals surface area contributed by atoms with Crippen LogP contribution < -0.4 is 0 Å². The number of unbranched alkanes of at least 4 members (excludes halogenated alkanes) is 1. The van der Waals surface area contributed by atoms with E-state index in [0.29, 0.717) is 23.2 Å². The Hall–Kier alpha value is -1.37. The van der Waals surface area contributed by atoms with Crippen molar-refractivity contribution in [1.82, 2.24) is 0 Å². The van der Waals surface area contributed by atoms with Gasteiger partial charge in [-0.05, 0) is 64.6 Å². The number of sulfone groups is 1. The molecule has 142 valence electrons. The molecule has 1 aliphatic rings. The standard InChI is InChI=1S/C20H29BO4S/c1-7-8-10-15-18(26(22,23)17-13-11-9-12-14-17)16(2)21-24-19(3,4)20(5,6)25-21/h7,9,11-14,18H,1-2,8,10,15H2,3-6H3. The molecule has 0 bridgehead atoms. The van der Waals surface area contributed by atoms with Crippen LogP contribution in [-0.4, -0.2) is 32.0 Å². The monoisotopic (exact) mass is 376 g/mol. The lowest BCUT2D eigenvalue weighted by Gasteiger charge is -2.32. The minimum absolute atomic E-state index is 0.293. The fourth-order valence-electron chi connectivity index (χ4n) is 2.91. The number of benzene rings is 1. The Balaban J connectivity index is 2.33. The molecule has 2 rings (SSSR count). The van der Waals surface area contributed by atoms with E-state index in [9.17, 15) is 8.42 Å². The molecular weight excluding hydrogens is 347 g/mol. The minimum Gasteiger partial charge on any atom is -0.400 e. The normalized spacial score (nSPS) is 19.9. The van der Waals surface area contributed by atoms with Gasteiger partial charge in [-0.1, -0.05) is 24.3 Å². The number of hydrogen-bond donors (Lipinski definition) is 0. The molecule has 1 fully saturated rings. The van der Waals surface area contributed by atoms with Crippen molar-refractivity contribution < 1.29 is 17.7 Å². The molecule has 0 spiro atoms. The highest BCUT2D eigenvalue weighted by atomic mass is 32.2. The van der Waals surface area contributed by atoms with Gasteiger partial charge in [-0.15, -0.1) is 13.2 Å². The molecule has 0 saturated carbocycles. The molecule has 1 aromatic rings. The van der Waals surface area contributed by atoms with Gasteiger partial charge >= 0.3 is 7.12 Å². The van der Waals surface area contributed by atoms with E-state index in [1.165, 1.54) is 0 Å². The molecule has 1 atom stereocenters. The summed E-state index contributed by atoms with van der Waals surface area (Å²) in [4.78, 5) is 0.293. The lowest BCUT2D eigenvalue weighted by Crippen LogP contribution is -2.41. The molecular formula is C20H29BO4S. The van der Waals surface area contributed by atoms with Crippen molar-refractivity contribution in [2.75, 3.05) is 0 Å². The Morgan fingerprint density at radius 1 is 1.15 bits per heavy atom. The first-order chi connectivity index (χ1) is 12.0. The van der Waals surface area contributed by atoms with Gasteiger partial charge in [0.15, 0.2) is 9.84 Å². The van der Waals surface area contributed by atoms with Crippen molar-refractivity contribution in [2.45, 2.75) is 68.3 Å². The molecule has 6 heteroatoms. The van der Waals surface area contributed by atoms with E-state index in [-0.39, 0.29) is 0 Å². The van der Waals surface area contributed by atoms with Crippen LogP contribution in [0.4, 0.5) is 0 Å². The molecule has 0 N–H and O–H groups in total. The average Bonchev–Trinajstić information content (AvgIpc) is 2.79. The van der Waals surface area contributed by atoms with Crippen LogP contribution in [0, 0.1) is 0 Å². The molecule has 4 nitrogen and oxygen atoms in total. The Morgan fingerprint density at radius 2 is 1.69 bits per heavy atom. The summed E-state index contributed by atoms with van der Waals surface area (Å²) in [5, 5.41) is -0.764. The van der Waals surface area contributed by atoms with Gasteiger partial charge in [0.1, 0.15) is 0 Å². The minimum atomic E-state index is -3.59. The van der Waals surface area contributed by atoms with Crippen molar-refractivity contribution in [2.24, 2.45) is 0 Å². The zero-order valence-electron chi connectivity index (χ0n) is 16.2. The van der Waals surface area contributed by atoms with Gasteiger partial charge < -0.3 is 9.31 Å². The van der Waals surface area contributed by atoms with Gasteiger partial charge in [-0.3, -0.25) is 0 Å². The molecule has 0 aromatic heterocycles. The zero-order chi connectivity index (χ0) is 19.6. The highest BCUT2D eigenvalue weighted by molar-refractivity contribution is 7.92. The SMILES string of the molecule is C=CCCCC(C(=C)B1OC(C)(C)C(C)(C)O1)S(=O)(=O)c1ccccc1. The van der Waals surface area contributed by atoms with Crippen molar-refractivity contribution in [3.05, 3.63) is 55.0 Å². The maximum atomic E-state index is 13.2. The van der Waals surface area contributed by atoms with E-state index >= 15 is 0 Å². The molecule has 1 aromatic carbocycles. The Kier molecular flexibility index (Phi) is 6.21. The first-order valence-electron chi connectivity index (χ1n) is 8.97. The summed E-state index contributed by atoms with van der Waals surface area (Å²) in [7, 11) is -4.33. The maximum Gasteiger partial charge on any atom is 0.491 e. The maximum absolute atomic E-state index is 13.2. The van der Waals surface area contributed by atoms with Crippen molar-refractivity contribution in [1.29, 1.82) is 0 Å². The molecule has 1 saturated heterocycles. The topological polar surface area (TPSA) is 52.6 Å². The third-order valence-corrected chi connectivity index (χ3v) is 7.51. The summed E-state index contributed by atoms with van der Waals surface area (Å²) in [5.41, 5.74) is -0.623. The summed E-state index contributed by atoms with van der Waals surface area (Å²) >= 11 is 0. The predicted octanol–water partition coefficient (Wildman–Crippen LogP) is 4.37. The van der Waals surface area contributed by atoms with Gasteiger partial charge in [0, 0.05) is 0 Å².